The minimum absolute atomic E-state index is 0.00407. The Morgan fingerprint density at radius 1 is 1.22 bits per heavy atom. The number of hydrogen-bond donors (Lipinski definition) is 0. The van der Waals surface area contributed by atoms with Crippen LogP contribution in [0.25, 0.3) is 11.4 Å². The second-order valence-corrected chi connectivity index (χ2v) is 7.45. The van der Waals surface area contributed by atoms with Crippen molar-refractivity contribution >= 4 is 5.91 Å². The molecule has 1 amide bonds. The van der Waals surface area contributed by atoms with Crippen molar-refractivity contribution in [3.63, 3.8) is 0 Å². The van der Waals surface area contributed by atoms with Gasteiger partial charge in [-0.3, -0.25) is 9.78 Å². The molecule has 3 heterocycles. The summed E-state index contributed by atoms with van der Waals surface area (Å²) in [5, 5.41) is 4.19. The average Bonchev–Trinajstić information content (AvgIpc) is 3.43. The van der Waals surface area contributed by atoms with Crippen LogP contribution in [0.1, 0.15) is 47.1 Å². The maximum absolute atomic E-state index is 13.1. The van der Waals surface area contributed by atoms with E-state index in [0.717, 1.165) is 30.4 Å². The summed E-state index contributed by atoms with van der Waals surface area (Å²) in [5.74, 6) is 1.48. The number of piperidine rings is 1. The smallest absolute Gasteiger partial charge is 0.256 e. The summed E-state index contributed by atoms with van der Waals surface area (Å²) in [4.78, 5) is 23.8. The zero-order chi connectivity index (χ0) is 18.4. The van der Waals surface area contributed by atoms with E-state index in [1.54, 1.807) is 18.5 Å². The van der Waals surface area contributed by atoms with Gasteiger partial charge in [0.25, 0.3) is 5.91 Å². The van der Waals surface area contributed by atoms with E-state index in [1.165, 1.54) is 0 Å². The zero-order valence-electron chi connectivity index (χ0n) is 15.1. The molecule has 3 atom stereocenters. The highest BCUT2D eigenvalue weighted by atomic mass is 16.5. The molecule has 2 aromatic heterocycles. The van der Waals surface area contributed by atoms with Gasteiger partial charge in [0.1, 0.15) is 6.04 Å². The number of rotatable bonds is 3. The molecule has 6 nitrogen and oxygen atoms in total. The Hall–Kier alpha value is -3.02. The van der Waals surface area contributed by atoms with Crippen LogP contribution in [-0.4, -0.2) is 32.0 Å². The summed E-state index contributed by atoms with van der Waals surface area (Å²) >= 11 is 0. The molecule has 27 heavy (non-hydrogen) atoms. The number of nitrogens with zero attached hydrogens (tertiary/aromatic N) is 4. The monoisotopic (exact) mass is 360 g/mol. The number of amides is 1. The van der Waals surface area contributed by atoms with Crippen LogP contribution in [0.15, 0.2) is 53.3 Å². The van der Waals surface area contributed by atoms with Gasteiger partial charge in [0.2, 0.25) is 11.7 Å². The standard InChI is InChI=1S/C21H20N4O2/c1-13-4-2-5-15(10-13)19-23-20(27-24-19)18-14-7-8-17(11-14)25(18)21(26)16-6-3-9-22-12-16/h2-6,9-10,12,14,17-18H,7-8,11H2,1H3/t14-,17+,18+/m1/s1. The van der Waals surface area contributed by atoms with E-state index >= 15 is 0 Å². The lowest BCUT2D eigenvalue weighted by Crippen LogP contribution is -2.40. The van der Waals surface area contributed by atoms with E-state index in [4.69, 9.17) is 4.52 Å². The predicted molar refractivity (Wildman–Crippen MR) is 98.7 cm³/mol. The van der Waals surface area contributed by atoms with Gasteiger partial charge in [0.05, 0.1) is 5.56 Å². The number of likely N-dealkylation sites (tertiary alicyclic amines) is 1. The molecule has 6 heteroatoms. The molecule has 2 bridgehead atoms. The molecule has 0 spiro atoms. The lowest BCUT2D eigenvalue weighted by atomic mass is 9.98. The number of carbonyl (C=O) groups is 1. The highest BCUT2D eigenvalue weighted by Crippen LogP contribution is 2.50. The molecule has 0 unspecified atom stereocenters. The highest BCUT2D eigenvalue weighted by Gasteiger charge is 2.51. The van der Waals surface area contributed by atoms with E-state index in [-0.39, 0.29) is 18.0 Å². The fourth-order valence-electron chi connectivity index (χ4n) is 4.49. The normalized spacial score (nSPS) is 23.7. The lowest BCUT2D eigenvalue weighted by Gasteiger charge is -2.33. The van der Waals surface area contributed by atoms with Gasteiger partial charge in [-0.1, -0.05) is 28.9 Å². The van der Waals surface area contributed by atoms with Crippen molar-refractivity contribution in [3.8, 4) is 11.4 Å². The van der Waals surface area contributed by atoms with Crippen molar-refractivity contribution in [2.24, 2.45) is 5.92 Å². The van der Waals surface area contributed by atoms with Crippen LogP contribution in [0.4, 0.5) is 0 Å². The molecular weight excluding hydrogens is 340 g/mol. The van der Waals surface area contributed by atoms with Crippen molar-refractivity contribution in [2.45, 2.75) is 38.3 Å². The van der Waals surface area contributed by atoms with Gasteiger partial charge in [-0.2, -0.15) is 4.98 Å². The largest absolute Gasteiger partial charge is 0.337 e. The van der Waals surface area contributed by atoms with E-state index in [9.17, 15) is 4.79 Å². The van der Waals surface area contributed by atoms with Crippen LogP contribution >= 0.6 is 0 Å². The minimum Gasteiger partial charge on any atom is -0.337 e. The summed E-state index contributed by atoms with van der Waals surface area (Å²) in [5.41, 5.74) is 2.68. The molecule has 1 aromatic carbocycles. The van der Waals surface area contributed by atoms with E-state index in [0.29, 0.717) is 23.2 Å². The molecule has 3 aromatic rings. The summed E-state index contributed by atoms with van der Waals surface area (Å²) in [6.45, 7) is 2.04. The van der Waals surface area contributed by atoms with Crippen LogP contribution in [0.2, 0.25) is 0 Å². The SMILES string of the molecule is Cc1cccc(-c2noc([C@@H]3[C@@H]4CC[C@@H](C4)N3C(=O)c3cccnc3)n2)c1. The molecule has 1 saturated carbocycles. The third kappa shape index (κ3) is 2.72. The average molecular weight is 360 g/mol. The number of benzene rings is 1. The number of fused-ring (bicyclic) bond motifs is 2. The maximum atomic E-state index is 13.1. The summed E-state index contributed by atoms with van der Waals surface area (Å²) in [6.07, 6.45) is 6.42. The summed E-state index contributed by atoms with van der Waals surface area (Å²) in [7, 11) is 0. The van der Waals surface area contributed by atoms with Crippen molar-refractivity contribution in [3.05, 3.63) is 65.8 Å². The van der Waals surface area contributed by atoms with Crippen LogP contribution in [0.5, 0.6) is 0 Å². The van der Waals surface area contributed by atoms with Gasteiger partial charge in [0.15, 0.2) is 0 Å². The molecule has 1 aliphatic carbocycles. The molecule has 1 aliphatic heterocycles. The molecule has 2 aliphatic rings. The van der Waals surface area contributed by atoms with E-state index in [2.05, 4.69) is 15.1 Å². The predicted octanol–water partition coefficient (Wildman–Crippen LogP) is 3.81. The summed E-state index contributed by atoms with van der Waals surface area (Å²) in [6, 6.07) is 11.7. The maximum Gasteiger partial charge on any atom is 0.256 e. The Kier molecular flexibility index (Phi) is 3.77. The van der Waals surface area contributed by atoms with Gasteiger partial charge in [0, 0.05) is 24.0 Å². The first-order valence-corrected chi connectivity index (χ1v) is 9.34. The third-order valence-electron chi connectivity index (χ3n) is 5.70. The summed E-state index contributed by atoms with van der Waals surface area (Å²) < 4.78 is 5.64. The zero-order valence-corrected chi connectivity index (χ0v) is 15.1. The Balaban J connectivity index is 1.49. The highest BCUT2D eigenvalue weighted by molar-refractivity contribution is 5.94. The number of aromatic nitrogens is 3. The topological polar surface area (TPSA) is 72.1 Å². The fraction of sp³-hybridized carbons (Fsp3) is 0.333. The minimum atomic E-state index is -0.150. The fourth-order valence-corrected chi connectivity index (χ4v) is 4.49. The van der Waals surface area contributed by atoms with Crippen molar-refractivity contribution < 1.29 is 9.32 Å². The van der Waals surface area contributed by atoms with Gasteiger partial charge < -0.3 is 9.42 Å². The third-order valence-corrected chi connectivity index (χ3v) is 5.70. The first kappa shape index (κ1) is 16.2. The number of pyridine rings is 1. The number of hydrogen-bond acceptors (Lipinski definition) is 5. The van der Waals surface area contributed by atoms with Crippen molar-refractivity contribution in [1.29, 1.82) is 0 Å². The molecular formula is C21H20N4O2. The first-order valence-electron chi connectivity index (χ1n) is 9.34. The van der Waals surface area contributed by atoms with Crippen molar-refractivity contribution in [2.75, 3.05) is 0 Å². The second-order valence-electron chi connectivity index (χ2n) is 7.45. The van der Waals surface area contributed by atoms with Gasteiger partial charge in [-0.05, 0) is 50.3 Å². The van der Waals surface area contributed by atoms with Crippen molar-refractivity contribution in [1.82, 2.24) is 20.0 Å². The van der Waals surface area contributed by atoms with Gasteiger partial charge in [-0.15, -0.1) is 0 Å². The van der Waals surface area contributed by atoms with Crippen LogP contribution in [0, 0.1) is 12.8 Å². The number of carbonyl (C=O) groups excluding carboxylic acids is 1. The number of aryl methyl sites for hydroxylation is 1. The van der Waals surface area contributed by atoms with Gasteiger partial charge >= 0.3 is 0 Å². The molecule has 5 rings (SSSR count). The molecule has 0 N–H and O–H groups in total. The van der Waals surface area contributed by atoms with Crippen LogP contribution < -0.4 is 0 Å². The second kappa shape index (κ2) is 6.30. The molecule has 1 saturated heterocycles. The molecule has 0 radical (unpaired) electrons. The first-order chi connectivity index (χ1) is 13.2. The molecule has 136 valence electrons. The van der Waals surface area contributed by atoms with E-state index in [1.807, 2.05) is 42.2 Å². The lowest BCUT2D eigenvalue weighted by molar-refractivity contribution is 0.0538. The quantitative estimate of drug-likeness (QED) is 0.710. The van der Waals surface area contributed by atoms with Crippen LogP contribution in [0.3, 0.4) is 0 Å². The Morgan fingerprint density at radius 3 is 2.96 bits per heavy atom. The Labute approximate surface area is 157 Å². The van der Waals surface area contributed by atoms with E-state index < -0.39 is 0 Å². The van der Waals surface area contributed by atoms with Gasteiger partial charge in [-0.25, -0.2) is 0 Å². The molecule has 2 fully saturated rings. The Bertz CT molecular complexity index is 985. The Morgan fingerprint density at radius 2 is 2.15 bits per heavy atom. The van der Waals surface area contributed by atoms with Crippen LogP contribution in [-0.2, 0) is 0 Å².